The van der Waals surface area contributed by atoms with Gasteiger partial charge in [0, 0.05) is 9.79 Å². The van der Waals surface area contributed by atoms with Crippen molar-refractivity contribution < 1.29 is 61.0 Å². The SMILES string of the molecule is CCCCOc1ccc(S(OS(=O)(=O)C(F)(F)C(F)(F)C(F)(F)C(F)(F)F)(c2ccc(OCCCC)cc2)c2ccc(Sc3cccs3)s2)cc1. The number of halogens is 9. The first-order chi connectivity index (χ1) is 23.8. The molecule has 0 atom stereocenters. The first kappa shape index (κ1) is 41.2. The quantitative estimate of drug-likeness (QED) is 0.0735. The number of hydrogen-bond donors (Lipinski definition) is 0. The molecule has 0 spiro atoms. The summed E-state index contributed by atoms with van der Waals surface area (Å²) in [6.45, 7) is 4.39. The van der Waals surface area contributed by atoms with Crippen LogP contribution in [0.1, 0.15) is 39.5 Å². The standard InChI is InChI=1S/C32H31F9O5S5/c1-3-5-19-44-22-9-13-24(14-10-22)50(25-15-11-23(12-16-25)45-20-6-4-2,28-18-17-27(49-28)48-26-8-7-21-47-26)46-51(42,43)32(40,41)30(35,36)29(33,34)31(37,38)39/h7-18,21H,3-6,19-20H2,1-2H3. The van der Waals surface area contributed by atoms with Gasteiger partial charge < -0.3 is 9.47 Å². The second kappa shape index (κ2) is 16.2. The molecule has 2 aromatic heterocycles. The predicted molar refractivity (Wildman–Crippen MR) is 180 cm³/mol. The molecule has 0 unspecified atom stereocenters. The van der Waals surface area contributed by atoms with Crippen LogP contribution in [0, 0.1) is 0 Å². The van der Waals surface area contributed by atoms with Gasteiger partial charge in [0.15, 0.2) is 0 Å². The van der Waals surface area contributed by atoms with Crippen LogP contribution in [0.15, 0.2) is 101 Å². The van der Waals surface area contributed by atoms with Gasteiger partial charge in [-0.1, -0.05) is 44.5 Å². The highest BCUT2D eigenvalue weighted by molar-refractivity contribution is 8.34. The lowest BCUT2D eigenvalue weighted by Gasteiger charge is -2.40. The van der Waals surface area contributed by atoms with Crippen LogP contribution in [0.25, 0.3) is 0 Å². The molecular formula is C32H31F9O5S5. The highest BCUT2D eigenvalue weighted by Gasteiger charge is 2.86. The monoisotopic (exact) mass is 826 g/mol. The number of hydrogen-bond acceptors (Lipinski definition) is 8. The molecule has 4 rings (SSSR count). The molecule has 0 fully saturated rings. The summed E-state index contributed by atoms with van der Waals surface area (Å²) in [6, 6.07) is 16.5. The average molecular weight is 827 g/mol. The molecule has 282 valence electrons. The van der Waals surface area contributed by atoms with Crippen molar-refractivity contribution >= 4 is 54.9 Å². The zero-order valence-electron chi connectivity index (χ0n) is 26.7. The number of benzene rings is 2. The van der Waals surface area contributed by atoms with E-state index in [-0.39, 0.29) is 38.7 Å². The van der Waals surface area contributed by atoms with Crippen LogP contribution in [-0.2, 0) is 13.7 Å². The molecule has 0 N–H and O–H groups in total. The summed E-state index contributed by atoms with van der Waals surface area (Å²) in [5.41, 5.74) is 0. The highest BCUT2D eigenvalue weighted by atomic mass is 32.3. The van der Waals surface area contributed by atoms with E-state index in [9.17, 15) is 39.2 Å². The average Bonchev–Trinajstić information content (AvgIpc) is 3.77. The van der Waals surface area contributed by atoms with Gasteiger partial charge in [0.2, 0.25) is 0 Å². The van der Waals surface area contributed by atoms with Crippen LogP contribution >= 0.6 is 44.7 Å². The van der Waals surface area contributed by atoms with Crippen LogP contribution in [0.5, 0.6) is 11.5 Å². The smallest absolute Gasteiger partial charge is 0.460 e. The molecule has 0 radical (unpaired) electrons. The van der Waals surface area contributed by atoms with Gasteiger partial charge in [0.05, 0.1) is 25.8 Å². The minimum atomic E-state index is -7.49. The van der Waals surface area contributed by atoms with E-state index < -0.39 is 43.7 Å². The van der Waals surface area contributed by atoms with Crippen molar-refractivity contribution in [3.05, 3.63) is 78.2 Å². The van der Waals surface area contributed by atoms with Gasteiger partial charge in [-0.05, 0) is 95.3 Å². The molecule has 2 heterocycles. The fourth-order valence-corrected chi connectivity index (χ4v) is 13.6. The lowest BCUT2D eigenvalue weighted by atomic mass is 10.1. The van der Waals surface area contributed by atoms with Crippen LogP contribution in [0.4, 0.5) is 39.5 Å². The van der Waals surface area contributed by atoms with E-state index in [1.165, 1.54) is 83.8 Å². The molecule has 0 aliphatic carbocycles. The summed E-state index contributed by atoms with van der Waals surface area (Å²) in [6.07, 6.45) is -4.35. The van der Waals surface area contributed by atoms with Crippen LogP contribution in [0.3, 0.4) is 0 Å². The van der Waals surface area contributed by atoms with Gasteiger partial charge in [-0.2, -0.15) is 47.9 Å². The number of ether oxygens (including phenoxy) is 2. The molecule has 0 amide bonds. The molecule has 5 nitrogen and oxygen atoms in total. The summed E-state index contributed by atoms with van der Waals surface area (Å²) < 4.78 is 171. The van der Waals surface area contributed by atoms with Crippen molar-refractivity contribution in [3.63, 3.8) is 0 Å². The van der Waals surface area contributed by atoms with Gasteiger partial charge in [-0.15, -0.1) is 22.7 Å². The Kier molecular flexibility index (Phi) is 13.1. The fraction of sp³-hybridized carbons (Fsp3) is 0.375. The number of unbranched alkanes of at least 4 members (excludes halogenated alkanes) is 2. The molecule has 0 bridgehead atoms. The Morgan fingerprint density at radius 3 is 1.61 bits per heavy atom. The molecule has 51 heavy (non-hydrogen) atoms. The topological polar surface area (TPSA) is 61.8 Å². The van der Waals surface area contributed by atoms with Crippen molar-refractivity contribution in [3.8, 4) is 11.5 Å². The minimum Gasteiger partial charge on any atom is -0.494 e. The van der Waals surface area contributed by atoms with Gasteiger partial charge in [-0.3, -0.25) is 0 Å². The van der Waals surface area contributed by atoms with Crippen LogP contribution in [0.2, 0.25) is 0 Å². The largest absolute Gasteiger partial charge is 0.494 e. The zero-order valence-corrected chi connectivity index (χ0v) is 30.8. The van der Waals surface area contributed by atoms with E-state index in [0.717, 1.165) is 28.4 Å². The van der Waals surface area contributed by atoms with Crippen molar-refractivity contribution in [2.75, 3.05) is 13.2 Å². The van der Waals surface area contributed by atoms with E-state index >= 15 is 8.78 Å². The second-order valence-corrected chi connectivity index (χ2v) is 19.0. The second-order valence-electron chi connectivity index (χ2n) is 10.7. The summed E-state index contributed by atoms with van der Waals surface area (Å²) in [4.78, 5) is -0.408. The Labute approximate surface area is 302 Å². The summed E-state index contributed by atoms with van der Waals surface area (Å²) in [7, 11) is -11.5. The Morgan fingerprint density at radius 1 is 0.667 bits per heavy atom. The molecule has 0 saturated carbocycles. The third-order valence-corrected chi connectivity index (χ3v) is 16.0. The molecule has 0 aliphatic heterocycles. The van der Waals surface area contributed by atoms with Gasteiger partial charge in [0.25, 0.3) is 0 Å². The van der Waals surface area contributed by atoms with Crippen molar-refractivity contribution in [1.29, 1.82) is 0 Å². The maximum Gasteiger partial charge on any atom is 0.460 e. The predicted octanol–water partition coefficient (Wildman–Crippen LogP) is 12.3. The Bertz CT molecular complexity index is 1760. The zero-order chi connectivity index (χ0) is 37.7. The number of rotatable bonds is 18. The molecule has 4 aromatic rings. The van der Waals surface area contributed by atoms with Gasteiger partial charge in [-0.25, -0.2) is 3.63 Å². The Balaban J connectivity index is 1.97. The van der Waals surface area contributed by atoms with Gasteiger partial charge in [0.1, 0.15) is 11.5 Å². The number of thiophene rings is 2. The van der Waals surface area contributed by atoms with E-state index in [0.29, 0.717) is 17.1 Å². The van der Waals surface area contributed by atoms with E-state index in [2.05, 4.69) is 0 Å². The Morgan fingerprint density at radius 2 is 1.18 bits per heavy atom. The summed E-state index contributed by atoms with van der Waals surface area (Å²) >= 11 is 3.37. The molecule has 2 aromatic carbocycles. The van der Waals surface area contributed by atoms with Gasteiger partial charge >= 0.3 is 33.4 Å². The van der Waals surface area contributed by atoms with Crippen molar-refractivity contribution in [2.45, 2.75) is 85.2 Å². The van der Waals surface area contributed by atoms with E-state index in [1.54, 1.807) is 17.5 Å². The van der Waals surface area contributed by atoms with E-state index in [4.69, 9.17) is 13.1 Å². The van der Waals surface area contributed by atoms with Crippen molar-refractivity contribution in [2.24, 2.45) is 0 Å². The highest BCUT2D eigenvalue weighted by Crippen LogP contribution is 2.73. The molecule has 0 aliphatic rings. The van der Waals surface area contributed by atoms with Crippen LogP contribution in [-0.4, -0.2) is 44.9 Å². The molecule has 19 heteroatoms. The van der Waals surface area contributed by atoms with Crippen LogP contribution < -0.4 is 9.47 Å². The molecular weight excluding hydrogens is 796 g/mol. The summed E-state index contributed by atoms with van der Waals surface area (Å²) in [5.74, 6) is -14.5. The number of alkyl halides is 9. The third-order valence-electron chi connectivity index (χ3n) is 7.00. The maximum absolute atomic E-state index is 15.3. The minimum absolute atomic E-state index is 0.133. The lowest BCUT2D eigenvalue weighted by molar-refractivity contribution is -0.382. The summed E-state index contributed by atoms with van der Waals surface area (Å²) in [5, 5.41) is -5.31. The van der Waals surface area contributed by atoms with E-state index in [1.807, 2.05) is 13.8 Å². The fourth-order valence-electron chi connectivity index (χ4n) is 4.23. The molecule has 0 saturated heterocycles. The third kappa shape index (κ3) is 8.48. The normalized spacial score (nSPS) is 13.7. The lowest BCUT2D eigenvalue weighted by Crippen LogP contribution is -2.63. The Hall–Kier alpha value is -2.58. The first-order valence-electron chi connectivity index (χ1n) is 15.1. The maximum atomic E-state index is 15.3. The first-order valence-corrected chi connectivity index (χ1v) is 20.6. The van der Waals surface area contributed by atoms with Crippen molar-refractivity contribution in [1.82, 2.24) is 0 Å².